The molecule has 0 spiro atoms. The van der Waals surface area contributed by atoms with Crippen LogP contribution in [-0.4, -0.2) is 4.98 Å². The molecule has 0 unspecified atom stereocenters. The van der Waals surface area contributed by atoms with Crippen LogP contribution >= 0.6 is 0 Å². The molecule has 3 aromatic heterocycles. The Morgan fingerprint density at radius 1 is 0.800 bits per heavy atom. The van der Waals surface area contributed by atoms with Crippen molar-refractivity contribution in [3.63, 3.8) is 0 Å². The summed E-state index contributed by atoms with van der Waals surface area (Å²) >= 11 is 0. The molecule has 6 rings (SSSR count). The van der Waals surface area contributed by atoms with Gasteiger partial charge in [-0.15, -0.1) is 0 Å². The number of aromatic nitrogens is 2. The summed E-state index contributed by atoms with van der Waals surface area (Å²) in [5.74, 6) is 0. The third-order valence-corrected chi connectivity index (χ3v) is 6.85. The van der Waals surface area contributed by atoms with Gasteiger partial charge in [0.2, 0.25) is 5.69 Å². The van der Waals surface area contributed by atoms with E-state index in [0.717, 1.165) is 46.0 Å². The van der Waals surface area contributed by atoms with E-state index in [1.54, 1.807) is 0 Å². The van der Waals surface area contributed by atoms with E-state index >= 15 is 0 Å². The molecule has 0 aliphatic rings. The van der Waals surface area contributed by atoms with Gasteiger partial charge in [0.05, 0.1) is 5.69 Å². The number of pyridine rings is 2. The predicted molar refractivity (Wildman–Crippen MR) is 142 cm³/mol. The first-order valence-electron chi connectivity index (χ1n) is 12.1. The van der Waals surface area contributed by atoms with E-state index in [4.69, 9.17) is 9.40 Å². The van der Waals surface area contributed by atoms with Crippen LogP contribution in [0.2, 0.25) is 0 Å². The Labute approximate surface area is 205 Å². The maximum atomic E-state index is 6.48. The van der Waals surface area contributed by atoms with Crippen LogP contribution < -0.4 is 4.57 Å². The number of hydrogen-bond acceptors (Lipinski definition) is 2. The molecule has 3 heteroatoms. The quantitative estimate of drug-likeness (QED) is 0.255. The topological polar surface area (TPSA) is 29.9 Å². The molecule has 170 valence electrons. The van der Waals surface area contributed by atoms with Crippen molar-refractivity contribution in [2.75, 3.05) is 0 Å². The fourth-order valence-corrected chi connectivity index (χ4v) is 5.02. The molecule has 0 bridgehead atoms. The molecule has 0 radical (unpaired) electrons. The van der Waals surface area contributed by atoms with Crippen LogP contribution in [0.15, 0.2) is 108 Å². The van der Waals surface area contributed by atoms with Crippen LogP contribution in [0.4, 0.5) is 0 Å². The summed E-state index contributed by atoms with van der Waals surface area (Å²) in [6.07, 6.45) is 5.76. The first-order valence-corrected chi connectivity index (χ1v) is 12.1. The van der Waals surface area contributed by atoms with Gasteiger partial charge in [-0.1, -0.05) is 55.5 Å². The van der Waals surface area contributed by atoms with Crippen molar-refractivity contribution in [3.8, 4) is 22.5 Å². The molecule has 6 aromatic rings. The molecule has 0 amide bonds. The van der Waals surface area contributed by atoms with Crippen molar-refractivity contribution in [3.05, 3.63) is 120 Å². The summed E-state index contributed by atoms with van der Waals surface area (Å²) in [5, 5.41) is 2.27. The van der Waals surface area contributed by atoms with Crippen molar-refractivity contribution in [2.45, 2.75) is 19.8 Å². The fraction of sp³-hybridized carbons (Fsp3) is 0.125. The lowest BCUT2D eigenvalue weighted by atomic mass is 9.92. The molecule has 3 aromatic carbocycles. The second-order valence-corrected chi connectivity index (χ2v) is 9.01. The third kappa shape index (κ3) is 3.79. The van der Waals surface area contributed by atoms with Crippen LogP contribution in [0.1, 0.15) is 23.6 Å². The molecule has 0 atom stereocenters. The number of fused-ring (bicyclic) bond motifs is 3. The molecule has 0 saturated heterocycles. The van der Waals surface area contributed by atoms with Gasteiger partial charge in [0.15, 0.2) is 6.20 Å². The lowest BCUT2D eigenvalue weighted by Gasteiger charge is -2.13. The summed E-state index contributed by atoms with van der Waals surface area (Å²) in [5.41, 5.74) is 10.1. The minimum atomic E-state index is 0.783. The molecule has 35 heavy (non-hydrogen) atoms. The van der Waals surface area contributed by atoms with Crippen LogP contribution in [0.3, 0.4) is 0 Å². The van der Waals surface area contributed by atoms with E-state index in [9.17, 15) is 0 Å². The lowest BCUT2D eigenvalue weighted by Crippen LogP contribution is -2.30. The number of para-hydroxylation sites is 1. The molecular weight excluding hydrogens is 428 g/mol. The highest BCUT2D eigenvalue weighted by Gasteiger charge is 2.20. The van der Waals surface area contributed by atoms with Crippen LogP contribution in [-0.2, 0) is 19.9 Å². The smallest absolute Gasteiger partial charge is 0.212 e. The molecule has 0 aliphatic heterocycles. The largest absolute Gasteiger partial charge is 0.455 e. The van der Waals surface area contributed by atoms with E-state index in [1.165, 1.54) is 27.9 Å². The van der Waals surface area contributed by atoms with Crippen LogP contribution in [0, 0.1) is 0 Å². The van der Waals surface area contributed by atoms with Gasteiger partial charge in [0.1, 0.15) is 18.2 Å². The molecule has 0 fully saturated rings. The Bertz CT molecular complexity index is 1680. The Morgan fingerprint density at radius 3 is 2.51 bits per heavy atom. The normalized spacial score (nSPS) is 11.4. The maximum Gasteiger partial charge on any atom is 0.212 e. The molecule has 0 aliphatic carbocycles. The van der Waals surface area contributed by atoms with Gasteiger partial charge in [0, 0.05) is 40.2 Å². The van der Waals surface area contributed by atoms with Crippen molar-refractivity contribution < 1.29 is 8.98 Å². The summed E-state index contributed by atoms with van der Waals surface area (Å²) in [7, 11) is 2.10. The average molecular weight is 456 g/mol. The molecule has 3 nitrogen and oxygen atoms in total. The van der Waals surface area contributed by atoms with Crippen molar-refractivity contribution in [2.24, 2.45) is 7.05 Å². The minimum absolute atomic E-state index is 0.783. The first kappa shape index (κ1) is 21.3. The lowest BCUT2D eigenvalue weighted by molar-refractivity contribution is -0.660. The van der Waals surface area contributed by atoms with Gasteiger partial charge in [0.25, 0.3) is 0 Å². The number of nitrogens with zero attached hydrogens (tertiary/aromatic N) is 2. The van der Waals surface area contributed by atoms with E-state index in [1.807, 2.05) is 18.3 Å². The monoisotopic (exact) mass is 455 g/mol. The predicted octanol–water partition coefficient (Wildman–Crippen LogP) is 7.29. The highest BCUT2D eigenvalue weighted by atomic mass is 16.3. The number of aryl methyl sites for hydroxylation is 2. The Hall–Kier alpha value is -4.24. The number of benzene rings is 3. The zero-order chi connectivity index (χ0) is 23.8. The third-order valence-electron chi connectivity index (χ3n) is 6.85. The summed E-state index contributed by atoms with van der Waals surface area (Å²) in [4.78, 5) is 4.81. The van der Waals surface area contributed by atoms with E-state index in [0.29, 0.717) is 0 Å². The highest BCUT2D eigenvalue weighted by Crippen LogP contribution is 2.39. The second kappa shape index (κ2) is 8.84. The molecular formula is C32H27N2O+. The minimum Gasteiger partial charge on any atom is -0.455 e. The number of hydrogen-bond donors (Lipinski definition) is 0. The zero-order valence-electron chi connectivity index (χ0n) is 20.0. The van der Waals surface area contributed by atoms with Gasteiger partial charge >= 0.3 is 0 Å². The summed E-state index contributed by atoms with van der Waals surface area (Å²) in [6.45, 7) is 2.18. The Morgan fingerprint density at radius 2 is 1.63 bits per heavy atom. The van der Waals surface area contributed by atoms with E-state index < -0.39 is 0 Å². The number of furan rings is 1. The maximum absolute atomic E-state index is 6.48. The highest BCUT2D eigenvalue weighted by molar-refractivity contribution is 6.10. The van der Waals surface area contributed by atoms with Crippen molar-refractivity contribution in [1.29, 1.82) is 0 Å². The Balaban J connectivity index is 1.58. The average Bonchev–Trinajstić information content (AvgIpc) is 3.28. The SMILES string of the molecule is CCc1ccnc(-c2c(Cc3ccccc3-c3cccc[n+]3C)ccc3c2oc2ccccc23)c1. The summed E-state index contributed by atoms with van der Waals surface area (Å²) in [6, 6.07) is 32.0. The van der Waals surface area contributed by atoms with Gasteiger partial charge in [-0.2, -0.15) is 0 Å². The first-order chi connectivity index (χ1) is 17.2. The number of rotatable bonds is 5. The van der Waals surface area contributed by atoms with E-state index in [2.05, 4.69) is 104 Å². The summed E-state index contributed by atoms with van der Waals surface area (Å²) < 4.78 is 8.65. The van der Waals surface area contributed by atoms with Gasteiger partial charge in [-0.25, -0.2) is 4.57 Å². The van der Waals surface area contributed by atoms with Gasteiger partial charge in [-0.3, -0.25) is 4.98 Å². The fourth-order valence-electron chi connectivity index (χ4n) is 5.02. The zero-order valence-corrected chi connectivity index (χ0v) is 20.0. The molecule has 0 N–H and O–H groups in total. The standard InChI is InChI=1S/C32H27N2O/c1-3-22-17-18-33-28(20-22)31-24(15-16-27-26-12-6-7-14-30(26)35-32(27)31)21-23-10-4-5-11-25(23)29-13-8-9-19-34(29)2/h4-20H,3,21H2,1-2H3/q+1. The molecule has 3 heterocycles. The van der Waals surface area contributed by atoms with Gasteiger partial charge in [-0.05, 0) is 59.9 Å². The van der Waals surface area contributed by atoms with E-state index in [-0.39, 0.29) is 0 Å². The van der Waals surface area contributed by atoms with Crippen LogP contribution in [0.5, 0.6) is 0 Å². The van der Waals surface area contributed by atoms with Gasteiger partial charge < -0.3 is 4.42 Å². The molecule has 0 saturated carbocycles. The van der Waals surface area contributed by atoms with Crippen LogP contribution in [0.25, 0.3) is 44.5 Å². The van der Waals surface area contributed by atoms with Crippen molar-refractivity contribution >= 4 is 21.9 Å². The second-order valence-electron chi connectivity index (χ2n) is 9.01. The Kier molecular flexibility index (Phi) is 5.38. The van der Waals surface area contributed by atoms with Crippen molar-refractivity contribution in [1.82, 2.24) is 4.98 Å².